The lowest BCUT2D eigenvalue weighted by Gasteiger charge is -2.06. The number of halogens is 3. The van der Waals surface area contributed by atoms with Crippen molar-refractivity contribution in [1.82, 2.24) is 15.5 Å². The van der Waals surface area contributed by atoms with E-state index in [1.165, 1.54) is 5.56 Å². The molecule has 0 bridgehead atoms. The maximum atomic E-state index is 12.5. The third-order valence-electron chi connectivity index (χ3n) is 3.96. The highest BCUT2D eigenvalue weighted by Gasteiger charge is 2.32. The van der Waals surface area contributed by atoms with E-state index in [1.54, 1.807) is 6.07 Å². The van der Waals surface area contributed by atoms with Gasteiger partial charge in [0.1, 0.15) is 11.4 Å². The van der Waals surface area contributed by atoms with Gasteiger partial charge in [-0.1, -0.05) is 36.3 Å². The summed E-state index contributed by atoms with van der Waals surface area (Å²) in [5, 5.41) is 6.53. The molecule has 0 saturated heterocycles. The maximum Gasteiger partial charge on any atom is 0.433 e. The first-order valence-electron chi connectivity index (χ1n) is 8.23. The number of benzene rings is 1. The number of alkyl halides is 3. The summed E-state index contributed by atoms with van der Waals surface area (Å²) >= 11 is 0. The molecule has 1 aromatic carbocycles. The van der Waals surface area contributed by atoms with E-state index >= 15 is 0 Å². The van der Waals surface area contributed by atoms with Crippen molar-refractivity contribution in [2.45, 2.75) is 26.1 Å². The molecule has 2 heterocycles. The lowest BCUT2D eigenvalue weighted by atomic mass is 10.1. The minimum absolute atomic E-state index is 0.0258. The molecular weight excluding hydrogens is 359 g/mol. The molecule has 0 aliphatic rings. The molecule has 0 unspecified atom stereocenters. The number of amides is 1. The van der Waals surface area contributed by atoms with Crippen molar-refractivity contribution in [3.05, 3.63) is 71.2 Å². The zero-order valence-electron chi connectivity index (χ0n) is 14.4. The number of aromatic nitrogens is 2. The highest BCUT2D eigenvalue weighted by molar-refractivity contribution is 5.93. The summed E-state index contributed by atoms with van der Waals surface area (Å²) in [5.41, 5.74) is 1.71. The molecule has 0 atom stereocenters. The summed E-state index contributed by atoms with van der Waals surface area (Å²) in [6.45, 7) is 2.12. The van der Waals surface area contributed by atoms with Crippen LogP contribution in [0.5, 0.6) is 0 Å². The van der Waals surface area contributed by atoms with Crippen LogP contribution in [0.4, 0.5) is 13.2 Å². The Morgan fingerprint density at radius 3 is 2.48 bits per heavy atom. The van der Waals surface area contributed by atoms with E-state index in [2.05, 4.69) is 22.4 Å². The van der Waals surface area contributed by atoms with E-state index in [0.29, 0.717) is 11.5 Å². The second kappa shape index (κ2) is 7.61. The number of carbonyl (C=O) groups excluding carboxylic acids is 1. The topological polar surface area (TPSA) is 68.0 Å². The largest absolute Gasteiger partial charge is 0.433 e. The number of carbonyl (C=O) groups is 1. The molecule has 2 aromatic heterocycles. The SMILES string of the molecule is CCc1ccc(-c2cc(CNC(=O)c3ccc(C(F)(F)F)nc3)on2)cc1. The summed E-state index contributed by atoms with van der Waals surface area (Å²) in [7, 11) is 0. The number of nitrogens with zero attached hydrogens (tertiary/aromatic N) is 2. The Bertz CT molecular complexity index is 917. The minimum Gasteiger partial charge on any atom is -0.359 e. The molecule has 3 aromatic rings. The second-order valence-corrected chi connectivity index (χ2v) is 5.84. The van der Waals surface area contributed by atoms with Crippen molar-refractivity contribution in [3.63, 3.8) is 0 Å². The van der Waals surface area contributed by atoms with Gasteiger partial charge in [0.25, 0.3) is 5.91 Å². The van der Waals surface area contributed by atoms with E-state index in [4.69, 9.17) is 4.52 Å². The summed E-state index contributed by atoms with van der Waals surface area (Å²) in [4.78, 5) is 15.3. The summed E-state index contributed by atoms with van der Waals surface area (Å²) in [6.07, 6.45) is -2.71. The van der Waals surface area contributed by atoms with E-state index in [9.17, 15) is 18.0 Å². The fraction of sp³-hybridized carbons (Fsp3) is 0.211. The van der Waals surface area contributed by atoms with Gasteiger partial charge in [-0.15, -0.1) is 0 Å². The third kappa shape index (κ3) is 4.52. The van der Waals surface area contributed by atoms with Gasteiger partial charge in [0.15, 0.2) is 5.76 Å². The molecular formula is C19H16F3N3O2. The second-order valence-electron chi connectivity index (χ2n) is 5.84. The number of pyridine rings is 1. The molecule has 5 nitrogen and oxygen atoms in total. The zero-order chi connectivity index (χ0) is 19.4. The molecule has 1 amide bonds. The Hall–Kier alpha value is -3.16. The van der Waals surface area contributed by atoms with Crippen LogP contribution in [0, 0.1) is 0 Å². The summed E-state index contributed by atoms with van der Waals surface area (Å²) in [6, 6.07) is 11.4. The standard InChI is InChI=1S/C19H16F3N3O2/c1-2-12-3-5-13(6-4-12)16-9-15(27-25-16)11-24-18(26)14-7-8-17(23-10-14)19(20,21)22/h3-10H,2,11H2,1H3,(H,24,26). The molecule has 0 saturated carbocycles. The van der Waals surface area contributed by atoms with Crippen LogP contribution in [0.1, 0.15) is 34.3 Å². The summed E-state index contributed by atoms with van der Waals surface area (Å²) in [5.74, 6) is -0.126. The summed E-state index contributed by atoms with van der Waals surface area (Å²) < 4.78 is 42.7. The van der Waals surface area contributed by atoms with Crippen LogP contribution in [0.3, 0.4) is 0 Å². The van der Waals surface area contributed by atoms with Gasteiger partial charge in [0.05, 0.1) is 12.1 Å². The van der Waals surface area contributed by atoms with Gasteiger partial charge in [0, 0.05) is 17.8 Å². The normalized spacial score (nSPS) is 11.4. The molecule has 0 radical (unpaired) electrons. The van der Waals surface area contributed by atoms with E-state index < -0.39 is 17.8 Å². The Morgan fingerprint density at radius 1 is 1.15 bits per heavy atom. The molecule has 8 heteroatoms. The number of hydrogen-bond acceptors (Lipinski definition) is 4. The Kier molecular flexibility index (Phi) is 5.25. The molecule has 27 heavy (non-hydrogen) atoms. The third-order valence-corrected chi connectivity index (χ3v) is 3.96. The van der Waals surface area contributed by atoms with Gasteiger partial charge < -0.3 is 9.84 Å². The van der Waals surface area contributed by atoms with Gasteiger partial charge in [0.2, 0.25) is 0 Å². The highest BCUT2D eigenvalue weighted by Crippen LogP contribution is 2.27. The minimum atomic E-state index is -4.54. The maximum absolute atomic E-state index is 12.5. The zero-order valence-corrected chi connectivity index (χ0v) is 14.4. The van der Waals surface area contributed by atoms with Gasteiger partial charge >= 0.3 is 6.18 Å². The van der Waals surface area contributed by atoms with Crippen LogP contribution in [0.25, 0.3) is 11.3 Å². The Balaban J connectivity index is 1.61. The van der Waals surface area contributed by atoms with E-state index in [0.717, 1.165) is 30.3 Å². The number of rotatable bonds is 5. The Morgan fingerprint density at radius 2 is 1.89 bits per heavy atom. The quantitative estimate of drug-likeness (QED) is 0.724. The molecule has 0 spiro atoms. The van der Waals surface area contributed by atoms with Crippen LogP contribution < -0.4 is 5.32 Å². The lowest BCUT2D eigenvalue weighted by Crippen LogP contribution is -2.23. The predicted molar refractivity (Wildman–Crippen MR) is 91.7 cm³/mol. The van der Waals surface area contributed by atoms with Crippen molar-refractivity contribution in [2.24, 2.45) is 0 Å². The van der Waals surface area contributed by atoms with E-state index in [1.807, 2.05) is 24.3 Å². The van der Waals surface area contributed by atoms with Crippen molar-refractivity contribution in [2.75, 3.05) is 0 Å². The fourth-order valence-corrected chi connectivity index (χ4v) is 2.41. The number of nitrogens with one attached hydrogen (secondary N) is 1. The molecule has 3 rings (SSSR count). The predicted octanol–water partition coefficient (Wildman–Crippen LogP) is 4.25. The number of aryl methyl sites for hydroxylation is 1. The molecule has 0 aliphatic heterocycles. The van der Waals surface area contributed by atoms with Crippen molar-refractivity contribution in [3.8, 4) is 11.3 Å². The molecule has 140 valence electrons. The fourth-order valence-electron chi connectivity index (χ4n) is 2.41. The van der Waals surface area contributed by atoms with Gasteiger partial charge in [-0.05, 0) is 24.1 Å². The van der Waals surface area contributed by atoms with Gasteiger partial charge in [-0.2, -0.15) is 13.2 Å². The van der Waals surface area contributed by atoms with E-state index in [-0.39, 0.29) is 12.1 Å². The van der Waals surface area contributed by atoms with Crippen molar-refractivity contribution < 1.29 is 22.5 Å². The first kappa shape index (κ1) is 18.6. The van der Waals surface area contributed by atoms with Crippen LogP contribution >= 0.6 is 0 Å². The molecule has 1 N–H and O–H groups in total. The first-order valence-corrected chi connectivity index (χ1v) is 8.23. The van der Waals surface area contributed by atoms with Crippen LogP contribution in [0.2, 0.25) is 0 Å². The smallest absolute Gasteiger partial charge is 0.359 e. The van der Waals surface area contributed by atoms with Crippen molar-refractivity contribution in [1.29, 1.82) is 0 Å². The van der Waals surface area contributed by atoms with Crippen molar-refractivity contribution >= 4 is 5.91 Å². The molecule has 0 aliphatic carbocycles. The average molecular weight is 375 g/mol. The molecule has 0 fully saturated rings. The van der Waals surface area contributed by atoms with Crippen LogP contribution in [0.15, 0.2) is 53.2 Å². The van der Waals surface area contributed by atoms with Gasteiger partial charge in [-0.25, -0.2) is 0 Å². The average Bonchev–Trinajstić information content (AvgIpc) is 3.14. The van der Waals surface area contributed by atoms with Crippen LogP contribution in [-0.4, -0.2) is 16.0 Å². The Labute approximate surface area is 153 Å². The van der Waals surface area contributed by atoms with Gasteiger partial charge in [-0.3, -0.25) is 9.78 Å². The monoisotopic (exact) mass is 375 g/mol. The van der Waals surface area contributed by atoms with Crippen LogP contribution in [-0.2, 0) is 19.1 Å². The highest BCUT2D eigenvalue weighted by atomic mass is 19.4. The first-order chi connectivity index (χ1) is 12.9. The lowest BCUT2D eigenvalue weighted by molar-refractivity contribution is -0.141. The number of hydrogen-bond donors (Lipinski definition) is 1.